The second kappa shape index (κ2) is 11.0. The van der Waals surface area contributed by atoms with Crippen molar-refractivity contribution in [2.45, 2.75) is 65.6 Å². The summed E-state index contributed by atoms with van der Waals surface area (Å²) in [5.74, 6) is 1.32. The van der Waals surface area contributed by atoms with Gasteiger partial charge in [-0.3, -0.25) is 9.59 Å². The number of amides is 2. The average molecular weight is 441 g/mol. The molecule has 0 radical (unpaired) electrons. The van der Waals surface area contributed by atoms with Gasteiger partial charge in [-0.25, -0.2) is 0 Å². The first-order chi connectivity index (χ1) is 15.0. The number of carbonyl (C=O) groups is 2. The number of hydrogen-bond acceptors (Lipinski definition) is 4. The van der Waals surface area contributed by atoms with Crippen LogP contribution in [0.5, 0.6) is 11.5 Å². The molecule has 1 atom stereocenters. The summed E-state index contributed by atoms with van der Waals surface area (Å²) >= 11 is 0. The van der Waals surface area contributed by atoms with E-state index in [1.165, 1.54) is 5.56 Å². The van der Waals surface area contributed by atoms with Gasteiger partial charge in [-0.1, -0.05) is 38.1 Å². The second-order valence-electron chi connectivity index (χ2n) is 9.30. The van der Waals surface area contributed by atoms with Gasteiger partial charge in [0.2, 0.25) is 5.91 Å². The molecule has 0 spiro atoms. The molecule has 0 saturated carbocycles. The molecule has 0 fully saturated rings. The van der Waals surface area contributed by atoms with Gasteiger partial charge >= 0.3 is 0 Å². The molecule has 0 aliphatic carbocycles. The Balaban J connectivity index is 2.15. The average Bonchev–Trinajstić information content (AvgIpc) is 2.74. The maximum Gasteiger partial charge on any atom is 0.261 e. The monoisotopic (exact) mass is 440 g/mol. The van der Waals surface area contributed by atoms with Crippen molar-refractivity contribution in [3.63, 3.8) is 0 Å². The van der Waals surface area contributed by atoms with E-state index in [2.05, 4.69) is 19.2 Å². The number of hydrogen-bond donors (Lipinski definition) is 1. The first-order valence-electron chi connectivity index (χ1n) is 11.0. The van der Waals surface area contributed by atoms with E-state index in [-0.39, 0.29) is 25.0 Å². The number of carbonyl (C=O) groups excluding carboxylic acids is 2. The quantitative estimate of drug-likeness (QED) is 0.622. The molecule has 0 aliphatic heterocycles. The lowest BCUT2D eigenvalue weighted by molar-refractivity contribution is -0.142. The van der Waals surface area contributed by atoms with E-state index in [4.69, 9.17) is 9.47 Å². The lowest BCUT2D eigenvalue weighted by atomic mass is 10.0. The molecule has 2 amide bonds. The predicted octanol–water partition coefficient (Wildman–Crippen LogP) is 4.53. The van der Waals surface area contributed by atoms with Crippen LogP contribution >= 0.6 is 0 Å². The zero-order valence-corrected chi connectivity index (χ0v) is 20.3. The van der Waals surface area contributed by atoms with Crippen LogP contribution in [0.1, 0.15) is 58.6 Å². The van der Waals surface area contributed by atoms with Crippen LogP contribution in [0, 0.1) is 0 Å². The maximum absolute atomic E-state index is 13.1. The van der Waals surface area contributed by atoms with Crippen LogP contribution in [-0.4, -0.2) is 42.0 Å². The first kappa shape index (κ1) is 25.2. The van der Waals surface area contributed by atoms with Crippen LogP contribution in [0.3, 0.4) is 0 Å². The van der Waals surface area contributed by atoms with E-state index < -0.39 is 11.6 Å². The Labute approximate surface area is 191 Å². The molecule has 0 aromatic heterocycles. The number of nitrogens with one attached hydrogen (secondary N) is 1. The van der Waals surface area contributed by atoms with Gasteiger partial charge in [0.1, 0.15) is 17.5 Å². The summed E-state index contributed by atoms with van der Waals surface area (Å²) in [4.78, 5) is 27.5. The Morgan fingerprint density at radius 1 is 0.938 bits per heavy atom. The van der Waals surface area contributed by atoms with Crippen molar-refractivity contribution in [1.29, 1.82) is 0 Å². The van der Waals surface area contributed by atoms with Crippen molar-refractivity contribution in [1.82, 2.24) is 10.2 Å². The molecule has 1 N–H and O–H groups in total. The molecule has 0 heterocycles. The highest BCUT2D eigenvalue weighted by Gasteiger charge is 2.28. The predicted molar refractivity (Wildman–Crippen MR) is 127 cm³/mol. The van der Waals surface area contributed by atoms with E-state index in [1.807, 2.05) is 69.3 Å². The number of benzene rings is 2. The Bertz CT molecular complexity index is 884. The van der Waals surface area contributed by atoms with Gasteiger partial charge in [0.05, 0.1) is 7.11 Å². The van der Waals surface area contributed by atoms with Gasteiger partial charge in [-0.05, 0) is 69.0 Å². The number of rotatable bonds is 9. The van der Waals surface area contributed by atoms with Crippen molar-refractivity contribution >= 4 is 11.8 Å². The topological polar surface area (TPSA) is 67.9 Å². The minimum Gasteiger partial charge on any atom is -0.497 e. The number of ether oxygens (including phenoxy) is 2. The standard InChI is InChI=1S/C26H36N2O4/c1-18(2)21-10-14-23(15-11-21)32-17-24(29)28(19(3)25(30)27-26(4,5)6)16-20-8-12-22(31-7)13-9-20/h8-15,18-19H,16-17H2,1-7H3,(H,27,30)/t19-/m1/s1. The molecule has 0 aliphatic rings. The van der Waals surface area contributed by atoms with Gasteiger partial charge in [0.25, 0.3) is 5.91 Å². The van der Waals surface area contributed by atoms with Crippen LogP contribution in [0.2, 0.25) is 0 Å². The summed E-state index contributed by atoms with van der Waals surface area (Å²) in [6.07, 6.45) is 0. The number of methoxy groups -OCH3 is 1. The minimum absolute atomic E-state index is 0.148. The Hall–Kier alpha value is -3.02. The molecular weight excluding hydrogens is 404 g/mol. The van der Waals surface area contributed by atoms with Gasteiger partial charge in [0, 0.05) is 12.1 Å². The van der Waals surface area contributed by atoms with Crippen molar-refractivity contribution in [2.75, 3.05) is 13.7 Å². The third-order valence-corrected chi connectivity index (χ3v) is 5.09. The Morgan fingerprint density at radius 2 is 1.50 bits per heavy atom. The molecule has 6 heteroatoms. The van der Waals surface area contributed by atoms with Crippen LogP contribution in [-0.2, 0) is 16.1 Å². The van der Waals surface area contributed by atoms with Gasteiger partial charge in [-0.2, -0.15) is 0 Å². The molecule has 2 aromatic rings. The third-order valence-electron chi connectivity index (χ3n) is 5.09. The molecule has 0 saturated heterocycles. The van der Waals surface area contributed by atoms with Gasteiger partial charge < -0.3 is 19.7 Å². The SMILES string of the molecule is COc1ccc(CN(C(=O)COc2ccc(C(C)C)cc2)[C@H](C)C(=O)NC(C)(C)C)cc1. The fraction of sp³-hybridized carbons (Fsp3) is 0.462. The van der Waals surface area contributed by atoms with Crippen molar-refractivity contribution in [3.8, 4) is 11.5 Å². The zero-order valence-electron chi connectivity index (χ0n) is 20.3. The van der Waals surface area contributed by atoms with Gasteiger partial charge in [-0.15, -0.1) is 0 Å². The molecule has 6 nitrogen and oxygen atoms in total. The molecule has 0 bridgehead atoms. The highest BCUT2D eigenvalue weighted by molar-refractivity contribution is 5.88. The van der Waals surface area contributed by atoms with E-state index in [0.717, 1.165) is 11.3 Å². The van der Waals surface area contributed by atoms with Crippen molar-refractivity contribution < 1.29 is 19.1 Å². The minimum atomic E-state index is -0.657. The molecule has 2 aromatic carbocycles. The molecular formula is C26H36N2O4. The van der Waals surface area contributed by atoms with Crippen LogP contribution in [0.25, 0.3) is 0 Å². The lowest BCUT2D eigenvalue weighted by Gasteiger charge is -2.31. The van der Waals surface area contributed by atoms with Gasteiger partial charge in [0.15, 0.2) is 6.61 Å². The smallest absolute Gasteiger partial charge is 0.261 e. The molecule has 174 valence electrons. The largest absolute Gasteiger partial charge is 0.497 e. The molecule has 32 heavy (non-hydrogen) atoms. The zero-order chi connectivity index (χ0) is 23.9. The Kier molecular flexibility index (Phi) is 8.70. The van der Waals surface area contributed by atoms with E-state index in [1.54, 1.807) is 18.9 Å². The maximum atomic E-state index is 13.1. The second-order valence-corrected chi connectivity index (χ2v) is 9.30. The molecule has 2 rings (SSSR count). The van der Waals surface area contributed by atoms with Crippen LogP contribution in [0.15, 0.2) is 48.5 Å². The molecule has 0 unspecified atom stereocenters. The third kappa shape index (κ3) is 7.59. The normalized spacial score (nSPS) is 12.2. The summed E-state index contributed by atoms with van der Waals surface area (Å²) in [7, 11) is 1.61. The summed E-state index contributed by atoms with van der Waals surface area (Å²) < 4.78 is 11.0. The fourth-order valence-electron chi connectivity index (χ4n) is 3.16. The summed E-state index contributed by atoms with van der Waals surface area (Å²) in [5, 5.41) is 2.96. The van der Waals surface area contributed by atoms with E-state index in [9.17, 15) is 9.59 Å². The van der Waals surface area contributed by atoms with E-state index in [0.29, 0.717) is 11.7 Å². The van der Waals surface area contributed by atoms with Crippen LogP contribution in [0.4, 0.5) is 0 Å². The fourth-order valence-corrected chi connectivity index (χ4v) is 3.16. The highest BCUT2D eigenvalue weighted by Crippen LogP contribution is 2.19. The van der Waals surface area contributed by atoms with Crippen molar-refractivity contribution in [3.05, 3.63) is 59.7 Å². The van der Waals surface area contributed by atoms with Crippen molar-refractivity contribution in [2.24, 2.45) is 0 Å². The summed E-state index contributed by atoms with van der Waals surface area (Å²) in [6, 6.07) is 14.5. The summed E-state index contributed by atoms with van der Waals surface area (Å²) in [5.41, 5.74) is 1.71. The highest BCUT2D eigenvalue weighted by atomic mass is 16.5. The first-order valence-corrected chi connectivity index (χ1v) is 11.0. The van der Waals surface area contributed by atoms with Crippen LogP contribution < -0.4 is 14.8 Å². The Morgan fingerprint density at radius 3 is 2.00 bits per heavy atom. The van der Waals surface area contributed by atoms with E-state index >= 15 is 0 Å². The lowest BCUT2D eigenvalue weighted by Crippen LogP contribution is -2.53. The summed E-state index contributed by atoms with van der Waals surface area (Å²) in [6.45, 7) is 11.9. The number of nitrogens with zero attached hydrogens (tertiary/aromatic N) is 1.